The third-order valence-corrected chi connectivity index (χ3v) is 9.59. The predicted octanol–water partition coefficient (Wildman–Crippen LogP) is 5.09. The molecule has 2 rings (SSSR count). The van der Waals surface area contributed by atoms with Gasteiger partial charge in [-0.25, -0.2) is 0 Å². The molecule has 0 aromatic heterocycles. The van der Waals surface area contributed by atoms with Gasteiger partial charge in [0, 0.05) is 0 Å². The molecule has 1 aliphatic carbocycles. The molecule has 1 aromatic carbocycles. The van der Waals surface area contributed by atoms with E-state index in [1.54, 1.807) is 0 Å². The molecule has 0 spiro atoms. The molecule has 1 N–H and O–H groups in total. The minimum atomic E-state index is -1.74. The first-order valence-electron chi connectivity index (χ1n) is 8.16. The van der Waals surface area contributed by atoms with Gasteiger partial charge in [-0.1, -0.05) is 32.9 Å². The second-order valence-corrected chi connectivity index (χ2v) is 12.7. The Morgan fingerprint density at radius 1 is 1.00 bits per heavy atom. The summed E-state index contributed by atoms with van der Waals surface area (Å²) in [6.45, 7) is 11.4. The number of benzene rings is 1. The highest BCUT2D eigenvalue weighted by molar-refractivity contribution is 6.74. The second-order valence-electron chi connectivity index (χ2n) is 7.94. The number of hydrogen-bond donors (Lipinski definition) is 1. The summed E-state index contributed by atoms with van der Waals surface area (Å²) in [5, 5.41) is 9.83. The summed E-state index contributed by atoms with van der Waals surface area (Å²) in [4.78, 5) is 0. The Morgan fingerprint density at radius 2 is 1.52 bits per heavy atom. The van der Waals surface area contributed by atoms with Crippen molar-refractivity contribution in [3.8, 4) is 5.75 Å². The van der Waals surface area contributed by atoms with Gasteiger partial charge >= 0.3 is 0 Å². The van der Waals surface area contributed by atoms with Crippen molar-refractivity contribution in [1.82, 2.24) is 0 Å². The molecule has 1 saturated carbocycles. The highest BCUT2D eigenvalue weighted by atomic mass is 28.4. The van der Waals surface area contributed by atoms with Gasteiger partial charge in [0.25, 0.3) is 0 Å². The molecule has 0 saturated heterocycles. The minimum Gasteiger partial charge on any atom is -0.544 e. The van der Waals surface area contributed by atoms with Crippen LogP contribution >= 0.6 is 0 Å². The fraction of sp³-hybridized carbons (Fsp3) is 0.667. The van der Waals surface area contributed by atoms with E-state index in [0.717, 1.165) is 31.4 Å². The molecular formula is C18H30O2Si. The maximum absolute atomic E-state index is 9.61. The van der Waals surface area contributed by atoms with Crippen molar-refractivity contribution >= 4 is 8.32 Å². The van der Waals surface area contributed by atoms with Gasteiger partial charge < -0.3 is 9.53 Å². The maximum Gasteiger partial charge on any atom is 0.250 e. The zero-order chi connectivity index (χ0) is 15.7. The number of hydrogen-bond acceptors (Lipinski definition) is 2. The first-order valence-corrected chi connectivity index (χ1v) is 11.1. The molecule has 0 aliphatic heterocycles. The van der Waals surface area contributed by atoms with Crippen LogP contribution in [-0.4, -0.2) is 19.5 Å². The van der Waals surface area contributed by atoms with Crippen molar-refractivity contribution in [3.63, 3.8) is 0 Å². The monoisotopic (exact) mass is 306 g/mol. The third kappa shape index (κ3) is 4.10. The summed E-state index contributed by atoms with van der Waals surface area (Å²) in [5.41, 5.74) is 1.39. The first kappa shape index (κ1) is 16.6. The lowest BCUT2D eigenvalue weighted by molar-refractivity contribution is 0.122. The topological polar surface area (TPSA) is 29.5 Å². The maximum atomic E-state index is 9.61. The lowest BCUT2D eigenvalue weighted by Crippen LogP contribution is -2.43. The van der Waals surface area contributed by atoms with E-state index in [0.29, 0.717) is 5.92 Å². The van der Waals surface area contributed by atoms with E-state index in [-0.39, 0.29) is 11.1 Å². The molecule has 0 atom stereocenters. The highest BCUT2D eigenvalue weighted by Gasteiger charge is 2.38. The zero-order valence-corrected chi connectivity index (χ0v) is 15.1. The predicted molar refractivity (Wildman–Crippen MR) is 91.5 cm³/mol. The standard InChI is InChI=1S/C18H30O2Si/c1-18(2,3)21(4,5)20-17-12-8-15(9-13-17)14-6-10-16(19)11-7-14/h8-9,12-14,16,19H,6-7,10-11H2,1-5H3. The molecular weight excluding hydrogens is 276 g/mol. The largest absolute Gasteiger partial charge is 0.544 e. The van der Waals surface area contributed by atoms with Gasteiger partial charge in [-0.2, -0.15) is 0 Å². The van der Waals surface area contributed by atoms with Gasteiger partial charge in [0.1, 0.15) is 5.75 Å². The van der Waals surface area contributed by atoms with Crippen molar-refractivity contribution in [2.75, 3.05) is 0 Å². The summed E-state index contributed by atoms with van der Waals surface area (Å²) in [5.74, 6) is 1.61. The molecule has 0 heterocycles. The van der Waals surface area contributed by atoms with Crippen LogP contribution in [0.15, 0.2) is 24.3 Å². The SMILES string of the molecule is CC(C)(C)[Si](C)(C)Oc1ccc(C2CCC(O)CC2)cc1. The fourth-order valence-corrected chi connectivity index (χ4v) is 3.70. The lowest BCUT2D eigenvalue weighted by Gasteiger charge is -2.36. The minimum absolute atomic E-state index is 0.0811. The normalized spacial score (nSPS) is 23.9. The van der Waals surface area contributed by atoms with Gasteiger partial charge in [-0.05, 0) is 67.4 Å². The van der Waals surface area contributed by atoms with Gasteiger partial charge in [0.2, 0.25) is 8.32 Å². The van der Waals surface area contributed by atoms with Gasteiger partial charge in [-0.15, -0.1) is 0 Å². The van der Waals surface area contributed by atoms with E-state index in [9.17, 15) is 5.11 Å². The fourth-order valence-electron chi connectivity index (χ4n) is 2.66. The van der Waals surface area contributed by atoms with Crippen molar-refractivity contribution in [2.45, 2.75) is 76.6 Å². The van der Waals surface area contributed by atoms with E-state index in [1.165, 1.54) is 5.56 Å². The highest BCUT2D eigenvalue weighted by Crippen LogP contribution is 2.38. The van der Waals surface area contributed by atoms with Crippen LogP contribution in [0.4, 0.5) is 0 Å². The average Bonchev–Trinajstić information content (AvgIpc) is 2.39. The van der Waals surface area contributed by atoms with Crippen LogP contribution in [0.25, 0.3) is 0 Å². The Labute approximate surface area is 130 Å². The number of aliphatic hydroxyl groups excluding tert-OH is 1. The summed E-state index contributed by atoms with van der Waals surface area (Å²) in [7, 11) is -1.74. The van der Waals surface area contributed by atoms with E-state index in [2.05, 4.69) is 58.1 Å². The summed E-state index contributed by atoms with van der Waals surface area (Å²) in [6.07, 6.45) is 4.00. The van der Waals surface area contributed by atoms with Crippen molar-refractivity contribution in [3.05, 3.63) is 29.8 Å². The molecule has 3 heteroatoms. The van der Waals surface area contributed by atoms with E-state index < -0.39 is 8.32 Å². The molecule has 1 aliphatic rings. The van der Waals surface area contributed by atoms with Crippen molar-refractivity contribution in [2.24, 2.45) is 0 Å². The third-order valence-electron chi connectivity index (χ3n) is 5.23. The zero-order valence-electron chi connectivity index (χ0n) is 14.1. The molecule has 21 heavy (non-hydrogen) atoms. The van der Waals surface area contributed by atoms with Gasteiger partial charge in [0.05, 0.1) is 6.10 Å². The van der Waals surface area contributed by atoms with Crippen LogP contribution in [0, 0.1) is 0 Å². The van der Waals surface area contributed by atoms with Crippen LogP contribution in [0.2, 0.25) is 18.1 Å². The molecule has 1 aromatic rings. The van der Waals surface area contributed by atoms with Crippen LogP contribution in [0.1, 0.15) is 57.9 Å². The summed E-state index contributed by atoms with van der Waals surface area (Å²) >= 11 is 0. The first-order chi connectivity index (χ1) is 9.69. The summed E-state index contributed by atoms with van der Waals surface area (Å²) in [6, 6.07) is 8.68. The molecule has 118 valence electrons. The smallest absolute Gasteiger partial charge is 0.250 e. The van der Waals surface area contributed by atoms with Crippen molar-refractivity contribution < 1.29 is 9.53 Å². The Morgan fingerprint density at radius 3 is 2.00 bits per heavy atom. The molecule has 0 unspecified atom stereocenters. The van der Waals surface area contributed by atoms with E-state index >= 15 is 0 Å². The van der Waals surface area contributed by atoms with Crippen LogP contribution < -0.4 is 4.43 Å². The van der Waals surface area contributed by atoms with Crippen LogP contribution in [0.5, 0.6) is 5.75 Å². The molecule has 0 radical (unpaired) electrons. The lowest BCUT2D eigenvalue weighted by atomic mass is 9.83. The molecule has 1 fully saturated rings. The van der Waals surface area contributed by atoms with Crippen LogP contribution in [0.3, 0.4) is 0 Å². The quantitative estimate of drug-likeness (QED) is 0.788. The molecule has 0 amide bonds. The second kappa shape index (κ2) is 6.13. The summed E-state index contributed by atoms with van der Waals surface area (Å²) < 4.78 is 6.32. The Bertz CT molecular complexity index is 451. The Hall–Kier alpha value is -0.803. The average molecular weight is 307 g/mol. The number of aliphatic hydroxyl groups is 1. The molecule has 2 nitrogen and oxygen atoms in total. The molecule has 0 bridgehead atoms. The van der Waals surface area contributed by atoms with Gasteiger partial charge in [-0.3, -0.25) is 0 Å². The van der Waals surface area contributed by atoms with E-state index in [4.69, 9.17) is 4.43 Å². The van der Waals surface area contributed by atoms with E-state index in [1.807, 2.05) is 0 Å². The van der Waals surface area contributed by atoms with Gasteiger partial charge in [0.15, 0.2) is 0 Å². The number of rotatable bonds is 3. The Kier molecular flexibility index (Phi) is 4.84. The van der Waals surface area contributed by atoms with Crippen LogP contribution in [-0.2, 0) is 0 Å². The Balaban J connectivity index is 2.02. The van der Waals surface area contributed by atoms with Crippen molar-refractivity contribution in [1.29, 1.82) is 0 Å².